The Balaban J connectivity index is -0.00000256. The molecule has 2 aromatic carbocycles. The van der Waals surface area contributed by atoms with Crippen LogP contribution in [0.5, 0.6) is 5.75 Å². The van der Waals surface area contributed by atoms with Crippen molar-refractivity contribution in [2.75, 3.05) is 31.6 Å². The molecule has 0 unspecified atom stereocenters. The fraction of sp³-hybridized carbons (Fsp3) is 0.423. The second kappa shape index (κ2) is 17.1. The average Bonchev–Trinajstić information content (AvgIpc) is 2.71. The monoisotopic (exact) mass is 536 g/mol. The number of amides is 1. The molecule has 0 spiro atoms. The van der Waals surface area contributed by atoms with E-state index in [9.17, 15) is 18.0 Å². The standard InChI is InChI=1S/C22H21Cl2F3N2O2.4CH4/c1-3-29(4-2)11-5-6-15-7-9-17(13-18(15)23)28-21(30)14-31-20-10-8-16(12-19(20)24)22(25,26)27;;;;/h7-10,12-13H,3-4,11,14H2,1-2H3,(H,28,30);4*1H4. The first-order valence-electron chi connectivity index (χ1n) is 9.44. The number of carbonyl (C=O) groups is 1. The molecular formula is C26H37Cl2F3N2O2. The van der Waals surface area contributed by atoms with Gasteiger partial charge in [-0.3, -0.25) is 9.69 Å². The fourth-order valence-corrected chi connectivity index (χ4v) is 2.99. The van der Waals surface area contributed by atoms with Gasteiger partial charge in [-0.25, -0.2) is 0 Å². The fourth-order valence-electron chi connectivity index (χ4n) is 2.52. The van der Waals surface area contributed by atoms with Gasteiger partial charge in [-0.15, -0.1) is 0 Å². The van der Waals surface area contributed by atoms with Gasteiger partial charge in [-0.1, -0.05) is 78.6 Å². The number of hydrogen-bond acceptors (Lipinski definition) is 3. The van der Waals surface area contributed by atoms with Crippen molar-refractivity contribution in [3.05, 3.63) is 57.6 Å². The summed E-state index contributed by atoms with van der Waals surface area (Å²) in [4.78, 5) is 14.3. The van der Waals surface area contributed by atoms with Gasteiger partial charge in [0.1, 0.15) is 5.75 Å². The third kappa shape index (κ3) is 11.7. The van der Waals surface area contributed by atoms with Gasteiger partial charge in [-0.2, -0.15) is 13.2 Å². The highest BCUT2D eigenvalue weighted by molar-refractivity contribution is 6.32. The molecule has 0 aliphatic rings. The number of anilines is 1. The predicted octanol–water partition coefficient (Wildman–Crippen LogP) is 8.27. The Labute approximate surface area is 218 Å². The highest BCUT2D eigenvalue weighted by Gasteiger charge is 2.31. The first-order valence-corrected chi connectivity index (χ1v) is 10.2. The highest BCUT2D eigenvalue weighted by Crippen LogP contribution is 2.34. The molecule has 1 N–H and O–H groups in total. The van der Waals surface area contributed by atoms with Crippen LogP contribution in [0, 0.1) is 11.8 Å². The van der Waals surface area contributed by atoms with Crippen LogP contribution >= 0.6 is 23.2 Å². The summed E-state index contributed by atoms with van der Waals surface area (Å²) in [6.45, 7) is 6.13. The molecule has 1 amide bonds. The zero-order valence-corrected chi connectivity index (χ0v) is 18.5. The number of alkyl halides is 3. The number of carbonyl (C=O) groups excluding carboxylic acids is 1. The van der Waals surface area contributed by atoms with Crippen LogP contribution in [0.4, 0.5) is 18.9 Å². The molecule has 0 fully saturated rings. The minimum atomic E-state index is -4.51. The number of nitrogens with one attached hydrogen (secondary N) is 1. The molecule has 0 heterocycles. The van der Waals surface area contributed by atoms with E-state index < -0.39 is 24.3 Å². The van der Waals surface area contributed by atoms with Crippen LogP contribution in [-0.2, 0) is 11.0 Å². The molecule has 0 radical (unpaired) electrons. The quantitative estimate of drug-likeness (QED) is 0.362. The van der Waals surface area contributed by atoms with Gasteiger partial charge >= 0.3 is 6.18 Å². The topological polar surface area (TPSA) is 41.6 Å². The van der Waals surface area contributed by atoms with Crippen molar-refractivity contribution in [2.24, 2.45) is 0 Å². The molecule has 9 heteroatoms. The summed E-state index contributed by atoms with van der Waals surface area (Å²) in [5.41, 5.74) is 0.176. The van der Waals surface area contributed by atoms with Crippen LogP contribution in [0.2, 0.25) is 10.0 Å². The van der Waals surface area contributed by atoms with Crippen molar-refractivity contribution in [3.8, 4) is 17.6 Å². The molecule has 0 aromatic heterocycles. The van der Waals surface area contributed by atoms with Crippen molar-refractivity contribution in [1.29, 1.82) is 0 Å². The number of rotatable bonds is 7. The zero-order valence-electron chi connectivity index (χ0n) is 16.9. The second-order valence-corrected chi connectivity index (χ2v) is 7.25. The Bertz CT molecular complexity index is 983. The predicted molar refractivity (Wildman–Crippen MR) is 144 cm³/mol. The summed E-state index contributed by atoms with van der Waals surface area (Å²) in [6, 6.07) is 7.55. The molecule has 35 heavy (non-hydrogen) atoms. The van der Waals surface area contributed by atoms with Gasteiger partial charge in [0.2, 0.25) is 0 Å². The maximum atomic E-state index is 12.7. The normalized spacial score (nSPS) is 9.83. The van der Waals surface area contributed by atoms with Crippen LogP contribution in [0.25, 0.3) is 0 Å². The van der Waals surface area contributed by atoms with E-state index >= 15 is 0 Å². The summed E-state index contributed by atoms with van der Waals surface area (Å²) in [6.07, 6.45) is -4.51. The Morgan fingerprint density at radius 2 is 1.63 bits per heavy atom. The van der Waals surface area contributed by atoms with Crippen molar-refractivity contribution in [2.45, 2.75) is 49.7 Å². The van der Waals surface area contributed by atoms with Crippen LogP contribution in [0.3, 0.4) is 0 Å². The zero-order chi connectivity index (χ0) is 23.0. The third-order valence-electron chi connectivity index (χ3n) is 4.29. The van der Waals surface area contributed by atoms with Crippen LogP contribution in [-0.4, -0.2) is 37.0 Å². The van der Waals surface area contributed by atoms with Gasteiger partial charge in [0, 0.05) is 11.3 Å². The lowest BCUT2D eigenvalue weighted by atomic mass is 10.2. The lowest BCUT2D eigenvalue weighted by Gasteiger charge is -2.13. The summed E-state index contributed by atoms with van der Waals surface area (Å²) in [5.74, 6) is 5.52. The van der Waals surface area contributed by atoms with E-state index in [2.05, 4.69) is 35.9 Å². The minimum Gasteiger partial charge on any atom is -0.482 e. The molecule has 2 rings (SSSR count). The Morgan fingerprint density at radius 1 is 1.00 bits per heavy atom. The average molecular weight is 537 g/mol. The summed E-state index contributed by atoms with van der Waals surface area (Å²) >= 11 is 12.0. The van der Waals surface area contributed by atoms with E-state index in [4.69, 9.17) is 27.9 Å². The van der Waals surface area contributed by atoms with Crippen molar-refractivity contribution in [3.63, 3.8) is 0 Å². The SMILES string of the molecule is C.C.C.C.CCN(CC)CC#Cc1ccc(NC(=O)COc2ccc(C(F)(F)F)cc2Cl)cc1Cl. The molecule has 0 aliphatic heterocycles. The molecule has 2 aromatic rings. The van der Waals surface area contributed by atoms with E-state index in [-0.39, 0.29) is 40.5 Å². The van der Waals surface area contributed by atoms with Crippen LogP contribution < -0.4 is 10.1 Å². The summed E-state index contributed by atoms with van der Waals surface area (Å²) in [7, 11) is 0. The highest BCUT2D eigenvalue weighted by atomic mass is 35.5. The summed E-state index contributed by atoms with van der Waals surface area (Å²) < 4.78 is 43.2. The van der Waals surface area contributed by atoms with Crippen LogP contribution in [0.15, 0.2) is 36.4 Å². The van der Waals surface area contributed by atoms with Crippen molar-refractivity contribution in [1.82, 2.24) is 4.90 Å². The Kier molecular flexibility index (Phi) is 18.2. The molecule has 198 valence electrons. The van der Waals surface area contributed by atoms with E-state index in [1.807, 2.05) is 0 Å². The van der Waals surface area contributed by atoms with Crippen molar-refractivity contribution >= 4 is 34.8 Å². The van der Waals surface area contributed by atoms with Crippen molar-refractivity contribution < 1.29 is 22.7 Å². The number of nitrogens with zero attached hydrogens (tertiary/aromatic N) is 1. The van der Waals surface area contributed by atoms with Crippen LogP contribution in [0.1, 0.15) is 54.7 Å². The number of ether oxygens (including phenoxy) is 1. The molecule has 0 atom stereocenters. The van der Waals surface area contributed by atoms with Gasteiger partial charge in [-0.05, 0) is 49.5 Å². The smallest absolute Gasteiger partial charge is 0.416 e. The maximum absolute atomic E-state index is 12.7. The van der Waals surface area contributed by atoms with E-state index in [0.29, 0.717) is 22.8 Å². The number of benzene rings is 2. The maximum Gasteiger partial charge on any atom is 0.416 e. The minimum absolute atomic E-state index is 0. The third-order valence-corrected chi connectivity index (χ3v) is 4.90. The molecule has 0 aliphatic carbocycles. The van der Waals surface area contributed by atoms with E-state index in [0.717, 1.165) is 31.3 Å². The number of hydrogen-bond donors (Lipinski definition) is 1. The van der Waals surface area contributed by atoms with Gasteiger partial charge in [0.05, 0.1) is 22.2 Å². The Morgan fingerprint density at radius 3 is 2.14 bits per heavy atom. The van der Waals surface area contributed by atoms with E-state index in [1.54, 1.807) is 18.2 Å². The van der Waals surface area contributed by atoms with Gasteiger partial charge < -0.3 is 10.1 Å². The molecule has 0 saturated carbocycles. The first-order chi connectivity index (χ1) is 14.6. The molecular weight excluding hydrogens is 500 g/mol. The van der Waals surface area contributed by atoms with E-state index in [1.165, 1.54) is 0 Å². The molecule has 0 bridgehead atoms. The lowest BCUT2D eigenvalue weighted by molar-refractivity contribution is -0.137. The lowest BCUT2D eigenvalue weighted by Crippen LogP contribution is -2.22. The van der Waals surface area contributed by atoms with Gasteiger partial charge in [0.15, 0.2) is 6.61 Å². The van der Waals surface area contributed by atoms with Gasteiger partial charge in [0.25, 0.3) is 5.91 Å². The number of halogens is 5. The second-order valence-electron chi connectivity index (χ2n) is 6.44. The molecule has 0 saturated heterocycles. The largest absolute Gasteiger partial charge is 0.482 e. The first kappa shape index (κ1) is 37.2. The molecule has 4 nitrogen and oxygen atoms in total. The Hall–Kier alpha value is -2.40. The summed E-state index contributed by atoms with van der Waals surface area (Å²) in [5, 5.41) is 2.75.